The van der Waals surface area contributed by atoms with Gasteiger partial charge in [-0.1, -0.05) is 26.0 Å². The lowest BCUT2D eigenvalue weighted by Gasteiger charge is -2.29. The molecule has 6 rings (SSSR count). The molecule has 4 heterocycles. The number of carboxylic acid groups (broad SMARTS) is 1. The minimum Gasteiger partial charge on any atom is -0.481 e. The Labute approximate surface area is 238 Å². The fraction of sp³-hybridized carbons (Fsp3) is 0.452. The summed E-state index contributed by atoms with van der Waals surface area (Å²) in [5.74, 6) is -0.705. The van der Waals surface area contributed by atoms with E-state index in [4.69, 9.17) is 15.2 Å². The van der Waals surface area contributed by atoms with E-state index in [-0.39, 0.29) is 17.8 Å². The van der Waals surface area contributed by atoms with Crippen molar-refractivity contribution in [1.29, 1.82) is 0 Å². The Morgan fingerprint density at radius 2 is 1.83 bits per heavy atom. The zero-order chi connectivity index (χ0) is 29.0. The molecule has 1 fully saturated rings. The molecule has 10 heteroatoms. The molecule has 0 spiro atoms. The van der Waals surface area contributed by atoms with Crippen LogP contribution in [0.2, 0.25) is 0 Å². The third-order valence-electron chi connectivity index (χ3n) is 8.63. The minimum atomic E-state index is -0.730. The summed E-state index contributed by atoms with van der Waals surface area (Å²) in [5.41, 5.74) is 7.52. The molecule has 1 aromatic carbocycles. The molecule has 5 aromatic rings. The summed E-state index contributed by atoms with van der Waals surface area (Å²) < 4.78 is 5.60. The molecule has 0 aliphatic heterocycles. The van der Waals surface area contributed by atoms with Crippen molar-refractivity contribution < 1.29 is 15.0 Å². The number of pyridine rings is 1. The van der Waals surface area contributed by atoms with E-state index in [1.165, 1.54) is 5.56 Å². The van der Waals surface area contributed by atoms with Crippen LogP contribution in [-0.4, -0.2) is 56.6 Å². The van der Waals surface area contributed by atoms with Crippen LogP contribution in [0.4, 0.5) is 0 Å². The Balaban J connectivity index is 1.36. The standard InChI is InChI=1S/C31H37N7O3/c1-17(2)28-19(4)38(26-13-22-14-36(5)35-30(22)32-18(26)3)34-29(28)23-7-6-8-25-24(23)15-37(33-25)16-27(39)20-9-11-21(12-10-20)31(40)41/h6-8,13-15,17,20-21,27,39H,9-12,16H2,1-5H3,(H,40,41)/t20?,21?,27-/m0/s1. The quantitative estimate of drug-likeness (QED) is 0.284. The van der Waals surface area contributed by atoms with Gasteiger partial charge in [0.2, 0.25) is 0 Å². The molecule has 4 aromatic heterocycles. The molecule has 2 N–H and O–H groups in total. The predicted molar refractivity (Wildman–Crippen MR) is 157 cm³/mol. The first-order valence-electron chi connectivity index (χ1n) is 14.4. The Morgan fingerprint density at radius 1 is 1.07 bits per heavy atom. The lowest BCUT2D eigenvalue weighted by atomic mass is 9.79. The number of aliphatic hydroxyl groups is 1. The Hall–Kier alpha value is -4.05. The van der Waals surface area contributed by atoms with Crippen LogP contribution >= 0.6 is 0 Å². The Kier molecular flexibility index (Phi) is 6.89. The molecule has 0 bridgehead atoms. The number of carboxylic acids is 1. The van der Waals surface area contributed by atoms with Crippen molar-refractivity contribution in [2.45, 2.75) is 71.9 Å². The van der Waals surface area contributed by atoms with Gasteiger partial charge in [0.25, 0.3) is 0 Å². The Morgan fingerprint density at radius 3 is 2.54 bits per heavy atom. The topological polar surface area (TPSA) is 124 Å². The van der Waals surface area contributed by atoms with Gasteiger partial charge in [-0.15, -0.1) is 0 Å². The summed E-state index contributed by atoms with van der Waals surface area (Å²) in [7, 11) is 1.90. The minimum absolute atomic E-state index is 0.0808. The third kappa shape index (κ3) is 4.90. The number of hydrogen-bond acceptors (Lipinski definition) is 6. The summed E-state index contributed by atoms with van der Waals surface area (Å²) >= 11 is 0. The van der Waals surface area contributed by atoms with E-state index in [0.29, 0.717) is 19.4 Å². The smallest absolute Gasteiger partial charge is 0.306 e. The van der Waals surface area contributed by atoms with Gasteiger partial charge in [-0.25, -0.2) is 9.67 Å². The van der Waals surface area contributed by atoms with Crippen LogP contribution in [0.3, 0.4) is 0 Å². The van der Waals surface area contributed by atoms with Crippen molar-refractivity contribution in [3.05, 3.63) is 53.6 Å². The van der Waals surface area contributed by atoms with Gasteiger partial charge in [-0.05, 0) is 63.5 Å². The van der Waals surface area contributed by atoms with Gasteiger partial charge in [-0.3, -0.25) is 14.2 Å². The SMILES string of the molecule is Cc1nc2nn(C)cc2cc1-n1nc(-c2cccc3nn(C[C@H](O)C4CCC(C(=O)O)CC4)cc23)c(C(C)C)c1C. The van der Waals surface area contributed by atoms with Crippen molar-refractivity contribution in [2.24, 2.45) is 18.9 Å². The predicted octanol–water partition coefficient (Wildman–Crippen LogP) is 5.16. The highest BCUT2D eigenvalue weighted by molar-refractivity contribution is 5.94. The van der Waals surface area contributed by atoms with Gasteiger partial charge < -0.3 is 10.2 Å². The number of benzene rings is 1. The van der Waals surface area contributed by atoms with Crippen LogP contribution in [0.1, 0.15) is 62.4 Å². The highest BCUT2D eigenvalue weighted by atomic mass is 16.4. The molecule has 0 amide bonds. The van der Waals surface area contributed by atoms with Crippen LogP contribution < -0.4 is 0 Å². The summed E-state index contributed by atoms with van der Waals surface area (Å²) in [4.78, 5) is 16.1. The second kappa shape index (κ2) is 10.4. The number of aryl methyl sites for hydroxylation is 2. The first-order valence-corrected chi connectivity index (χ1v) is 14.4. The second-order valence-electron chi connectivity index (χ2n) is 11.8. The van der Waals surface area contributed by atoms with Gasteiger partial charge in [0.05, 0.1) is 41.2 Å². The van der Waals surface area contributed by atoms with E-state index in [1.54, 1.807) is 4.68 Å². The number of hydrogen-bond donors (Lipinski definition) is 2. The maximum atomic E-state index is 11.3. The van der Waals surface area contributed by atoms with Crippen molar-refractivity contribution in [2.75, 3.05) is 0 Å². The third-order valence-corrected chi connectivity index (χ3v) is 8.63. The van der Waals surface area contributed by atoms with Crippen LogP contribution in [0.5, 0.6) is 0 Å². The van der Waals surface area contributed by atoms with Gasteiger partial charge in [0.1, 0.15) is 0 Å². The van der Waals surface area contributed by atoms with Gasteiger partial charge in [0.15, 0.2) is 5.65 Å². The van der Waals surface area contributed by atoms with Crippen molar-refractivity contribution in [3.63, 3.8) is 0 Å². The van der Waals surface area contributed by atoms with E-state index in [2.05, 4.69) is 38.0 Å². The molecular formula is C31H37N7O3. The van der Waals surface area contributed by atoms with Gasteiger partial charge >= 0.3 is 5.97 Å². The van der Waals surface area contributed by atoms with Crippen LogP contribution in [0.15, 0.2) is 36.7 Å². The maximum absolute atomic E-state index is 11.3. The number of carbonyl (C=O) groups is 1. The number of fused-ring (bicyclic) bond motifs is 2. The number of aliphatic hydroxyl groups excluding tert-OH is 1. The van der Waals surface area contributed by atoms with Crippen molar-refractivity contribution in [1.82, 2.24) is 34.3 Å². The van der Waals surface area contributed by atoms with Crippen LogP contribution in [0, 0.1) is 25.7 Å². The highest BCUT2D eigenvalue weighted by Crippen LogP contribution is 2.37. The summed E-state index contributed by atoms with van der Waals surface area (Å²) in [6.07, 6.45) is 6.07. The molecule has 0 radical (unpaired) electrons. The summed E-state index contributed by atoms with van der Waals surface area (Å²) in [6.45, 7) is 8.84. The molecule has 0 saturated heterocycles. The normalized spacial score (nSPS) is 18.5. The summed E-state index contributed by atoms with van der Waals surface area (Å²) in [6, 6.07) is 8.18. The number of aliphatic carboxylic acids is 1. The summed E-state index contributed by atoms with van der Waals surface area (Å²) in [5, 5.41) is 36.7. The molecule has 0 unspecified atom stereocenters. The van der Waals surface area contributed by atoms with E-state index in [0.717, 1.165) is 63.1 Å². The lowest BCUT2D eigenvalue weighted by molar-refractivity contribution is -0.143. The monoisotopic (exact) mass is 555 g/mol. The molecule has 1 aliphatic carbocycles. The molecule has 1 atom stereocenters. The van der Waals surface area contributed by atoms with Crippen molar-refractivity contribution in [3.8, 4) is 16.9 Å². The molecule has 1 aliphatic rings. The van der Waals surface area contributed by atoms with Gasteiger partial charge in [-0.2, -0.15) is 15.3 Å². The molecule has 214 valence electrons. The highest BCUT2D eigenvalue weighted by Gasteiger charge is 2.30. The first-order chi connectivity index (χ1) is 19.6. The van der Waals surface area contributed by atoms with Crippen LogP contribution in [-0.2, 0) is 18.4 Å². The number of nitrogens with zero attached hydrogens (tertiary/aromatic N) is 7. The average molecular weight is 556 g/mol. The molecular weight excluding hydrogens is 518 g/mol. The van der Waals surface area contributed by atoms with Crippen molar-refractivity contribution >= 4 is 27.9 Å². The molecule has 10 nitrogen and oxygen atoms in total. The second-order valence-corrected chi connectivity index (χ2v) is 11.8. The van der Waals surface area contributed by atoms with E-state index < -0.39 is 12.1 Å². The largest absolute Gasteiger partial charge is 0.481 e. The fourth-order valence-corrected chi connectivity index (χ4v) is 6.49. The zero-order valence-corrected chi connectivity index (χ0v) is 24.2. The molecule has 1 saturated carbocycles. The Bertz CT molecular complexity index is 1750. The lowest BCUT2D eigenvalue weighted by Crippen LogP contribution is -2.31. The van der Waals surface area contributed by atoms with E-state index in [9.17, 15) is 15.0 Å². The van der Waals surface area contributed by atoms with Gasteiger partial charge in [0, 0.05) is 47.0 Å². The van der Waals surface area contributed by atoms with E-state index in [1.807, 2.05) is 47.9 Å². The number of rotatable bonds is 7. The first kappa shape index (κ1) is 27.1. The van der Waals surface area contributed by atoms with Crippen LogP contribution in [0.25, 0.3) is 38.9 Å². The fourth-order valence-electron chi connectivity index (χ4n) is 6.49. The number of aromatic nitrogens is 7. The molecule has 41 heavy (non-hydrogen) atoms. The average Bonchev–Trinajstić information content (AvgIpc) is 3.61. The zero-order valence-electron chi connectivity index (χ0n) is 24.2. The maximum Gasteiger partial charge on any atom is 0.306 e. The van der Waals surface area contributed by atoms with E-state index >= 15 is 0 Å².